The van der Waals surface area contributed by atoms with Gasteiger partial charge in [0.1, 0.15) is 0 Å². The lowest BCUT2D eigenvalue weighted by molar-refractivity contribution is -0.122. The van der Waals surface area contributed by atoms with Crippen molar-refractivity contribution in [2.24, 2.45) is 11.8 Å². The number of nitrogens with one attached hydrogen (secondary N) is 1. The molecule has 94 valence electrons. The summed E-state index contributed by atoms with van der Waals surface area (Å²) in [4.78, 5) is 11.7. The van der Waals surface area contributed by atoms with Gasteiger partial charge in [-0.05, 0) is 18.8 Å². The minimum Gasteiger partial charge on any atom is -0.396 e. The van der Waals surface area contributed by atoms with Crippen LogP contribution in [0.15, 0.2) is 0 Å². The van der Waals surface area contributed by atoms with Gasteiger partial charge in [-0.2, -0.15) is 0 Å². The zero-order chi connectivity index (χ0) is 12.1. The predicted molar refractivity (Wildman–Crippen MR) is 68.5 cm³/mol. The Hall–Kier alpha value is -0.0900. The van der Waals surface area contributed by atoms with E-state index >= 15 is 0 Å². The van der Waals surface area contributed by atoms with Gasteiger partial charge in [-0.1, -0.05) is 42.6 Å². The Balaban J connectivity index is 2.48. The van der Waals surface area contributed by atoms with Crippen molar-refractivity contribution in [3.63, 3.8) is 0 Å². The maximum Gasteiger partial charge on any atom is 0.234 e. The van der Waals surface area contributed by atoms with Gasteiger partial charge in [0.15, 0.2) is 0 Å². The molecule has 1 aliphatic rings. The molecule has 0 saturated heterocycles. The lowest BCUT2D eigenvalue weighted by atomic mass is 9.85. The highest BCUT2D eigenvalue weighted by atomic mass is 79.9. The maximum absolute atomic E-state index is 11.9. The lowest BCUT2D eigenvalue weighted by Gasteiger charge is -2.31. The minimum atomic E-state index is -0.131. The molecule has 0 spiro atoms. The summed E-state index contributed by atoms with van der Waals surface area (Å²) in [5.41, 5.74) is 0. The molecule has 0 aliphatic heterocycles. The molecule has 3 unspecified atom stereocenters. The number of alkyl halides is 1. The van der Waals surface area contributed by atoms with Crippen LogP contribution in [0.2, 0.25) is 0 Å². The summed E-state index contributed by atoms with van der Waals surface area (Å²) in [6.07, 6.45) is 4.33. The van der Waals surface area contributed by atoms with E-state index in [1.165, 1.54) is 6.42 Å². The summed E-state index contributed by atoms with van der Waals surface area (Å²) in [6.45, 7) is 4.21. The fraction of sp³-hybridized carbons (Fsp3) is 0.917. The van der Waals surface area contributed by atoms with E-state index in [0.29, 0.717) is 0 Å². The van der Waals surface area contributed by atoms with Gasteiger partial charge in [-0.3, -0.25) is 4.79 Å². The molecule has 0 aromatic heterocycles. The SMILES string of the molecule is CC(C)C(Br)C(=O)NC1CCCCC1CO. The third-order valence-electron chi connectivity index (χ3n) is 3.31. The molecule has 0 radical (unpaired) electrons. The first-order valence-corrected chi connectivity index (χ1v) is 7.03. The Morgan fingerprint density at radius 1 is 1.44 bits per heavy atom. The quantitative estimate of drug-likeness (QED) is 0.779. The van der Waals surface area contributed by atoms with Crippen LogP contribution in [-0.4, -0.2) is 28.5 Å². The lowest BCUT2D eigenvalue weighted by Crippen LogP contribution is -2.46. The Morgan fingerprint density at radius 3 is 2.62 bits per heavy atom. The van der Waals surface area contributed by atoms with Crippen molar-refractivity contribution in [2.75, 3.05) is 6.61 Å². The van der Waals surface area contributed by atoms with Crippen LogP contribution in [0.3, 0.4) is 0 Å². The Morgan fingerprint density at radius 2 is 2.06 bits per heavy atom. The largest absolute Gasteiger partial charge is 0.396 e. The summed E-state index contributed by atoms with van der Waals surface area (Å²) in [6, 6.07) is 0.157. The van der Waals surface area contributed by atoms with Crippen molar-refractivity contribution in [3.05, 3.63) is 0 Å². The van der Waals surface area contributed by atoms with Crippen LogP contribution in [0.5, 0.6) is 0 Å². The molecule has 1 amide bonds. The first kappa shape index (κ1) is 14.0. The van der Waals surface area contributed by atoms with Crippen molar-refractivity contribution in [1.29, 1.82) is 0 Å². The van der Waals surface area contributed by atoms with E-state index in [-0.39, 0.29) is 35.2 Å². The standard InChI is InChI=1S/C12H22BrNO2/c1-8(2)11(13)12(16)14-10-6-4-3-5-9(10)7-15/h8-11,15H,3-7H2,1-2H3,(H,14,16). The first-order chi connectivity index (χ1) is 7.56. The normalized spacial score (nSPS) is 27.8. The smallest absolute Gasteiger partial charge is 0.234 e. The third kappa shape index (κ3) is 3.74. The Bertz CT molecular complexity index is 233. The van der Waals surface area contributed by atoms with E-state index in [1.54, 1.807) is 0 Å². The number of hydrogen-bond donors (Lipinski definition) is 2. The van der Waals surface area contributed by atoms with Crippen LogP contribution in [-0.2, 0) is 4.79 Å². The van der Waals surface area contributed by atoms with E-state index in [1.807, 2.05) is 13.8 Å². The number of halogens is 1. The van der Waals surface area contributed by atoms with Gasteiger partial charge in [0.05, 0.1) is 4.83 Å². The topological polar surface area (TPSA) is 49.3 Å². The summed E-state index contributed by atoms with van der Waals surface area (Å²) in [5.74, 6) is 0.584. The number of aliphatic hydroxyl groups is 1. The predicted octanol–water partition coefficient (Wildman–Crippen LogP) is 2.07. The average molecular weight is 292 g/mol. The zero-order valence-electron chi connectivity index (χ0n) is 10.1. The van der Waals surface area contributed by atoms with Crippen LogP contribution in [0, 0.1) is 11.8 Å². The molecule has 1 rings (SSSR count). The molecule has 1 saturated carbocycles. The molecular formula is C12H22BrNO2. The van der Waals surface area contributed by atoms with Crippen LogP contribution >= 0.6 is 15.9 Å². The average Bonchev–Trinajstić information content (AvgIpc) is 2.28. The number of aliphatic hydroxyl groups excluding tert-OH is 1. The number of carbonyl (C=O) groups is 1. The zero-order valence-corrected chi connectivity index (χ0v) is 11.7. The van der Waals surface area contributed by atoms with Crippen LogP contribution in [0.1, 0.15) is 39.5 Å². The second kappa shape index (κ2) is 6.60. The number of amides is 1. The van der Waals surface area contributed by atoms with Crippen molar-refractivity contribution >= 4 is 21.8 Å². The van der Waals surface area contributed by atoms with Crippen LogP contribution < -0.4 is 5.32 Å². The first-order valence-electron chi connectivity index (χ1n) is 6.11. The fourth-order valence-electron chi connectivity index (χ4n) is 2.18. The third-order valence-corrected chi connectivity index (χ3v) is 4.78. The van der Waals surface area contributed by atoms with Gasteiger partial charge in [0, 0.05) is 18.6 Å². The molecule has 16 heavy (non-hydrogen) atoms. The van der Waals surface area contributed by atoms with Crippen LogP contribution in [0.25, 0.3) is 0 Å². The molecule has 0 heterocycles. The molecule has 0 bridgehead atoms. The molecular weight excluding hydrogens is 270 g/mol. The van der Waals surface area contributed by atoms with Crippen molar-refractivity contribution in [3.8, 4) is 0 Å². The van der Waals surface area contributed by atoms with E-state index in [0.717, 1.165) is 19.3 Å². The van der Waals surface area contributed by atoms with Gasteiger partial charge in [0.25, 0.3) is 0 Å². The highest BCUT2D eigenvalue weighted by Gasteiger charge is 2.28. The van der Waals surface area contributed by atoms with Gasteiger partial charge < -0.3 is 10.4 Å². The molecule has 0 aromatic rings. The van der Waals surface area contributed by atoms with E-state index in [9.17, 15) is 9.90 Å². The molecule has 0 aromatic carbocycles. The summed E-state index contributed by atoms with van der Waals surface area (Å²) in [7, 11) is 0. The van der Waals surface area contributed by atoms with Crippen molar-refractivity contribution in [1.82, 2.24) is 5.32 Å². The van der Waals surface area contributed by atoms with E-state index in [4.69, 9.17) is 0 Å². The number of hydrogen-bond acceptors (Lipinski definition) is 2. The van der Waals surface area contributed by atoms with Crippen molar-refractivity contribution in [2.45, 2.75) is 50.4 Å². The maximum atomic E-state index is 11.9. The van der Waals surface area contributed by atoms with Gasteiger partial charge in [-0.25, -0.2) is 0 Å². The number of rotatable bonds is 4. The fourth-order valence-corrected chi connectivity index (χ4v) is 2.31. The highest BCUT2D eigenvalue weighted by molar-refractivity contribution is 9.10. The van der Waals surface area contributed by atoms with Gasteiger partial charge in [-0.15, -0.1) is 0 Å². The summed E-state index contributed by atoms with van der Waals surface area (Å²) in [5, 5.41) is 12.3. The Labute approximate surface area is 106 Å². The molecule has 3 atom stereocenters. The summed E-state index contributed by atoms with van der Waals surface area (Å²) >= 11 is 3.40. The summed E-state index contributed by atoms with van der Waals surface area (Å²) < 4.78 is 0. The second-order valence-electron chi connectivity index (χ2n) is 4.99. The number of carbonyl (C=O) groups excluding carboxylic acids is 1. The molecule has 2 N–H and O–H groups in total. The van der Waals surface area contributed by atoms with Gasteiger partial charge >= 0.3 is 0 Å². The molecule has 1 aliphatic carbocycles. The van der Waals surface area contributed by atoms with Crippen molar-refractivity contribution < 1.29 is 9.90 Å². The molecule has 4 heteroatoms. The minimum absolute atomic E-state index is 0.0559. The Kier molecular flexibility index (Phi) is 5.76. The van der Waals surface area contributed by atoms with Gasteiger partial charge in [0.2, 0.25) is 5.91 Å². The monoisotopic (exact) mass is 291 g/mol. The highest BCUT2D eigenvalue weighted by Crippen LogP contribution is 2.24. The second-order valence-corrected chi connectivity index (χ2v) is 5.97. The van der Waals surface area contributed by atoms with E-state index < -0.39 is 0 Å². The molecule has 3 nitrogen and oxygen atoms in total. The molecule has 1 fully saturated rings. The van der Waals surface area contributed by atoms with Crippen LogP contribution in [0.4, 0.5) is 0 Å². The van der Waals surface area contributed by atoms with E-state index in [2.05, 4.69) is 21.2 Å².